The molecule has 3 rings (SSSR count). The number of methoxy groups -OCH3 is 1. The van der Waals surface area contributed by atoms with Gasteiger partial charge in [-0.1, -0.05) is 6.92 Å². The summed E-state index contributed by atoms with van der Waals surface area (Å²) in [6.07, 6.45) is 0.711. The van der Waals surface area contributed by atoms with E-state index in [1.165, 1.54) is 0 Å². The van der Waals surface area contributed by atoms with Crippen molar-refractivity contribution in [1.82, 2.24) is 9.97 Å². The van der Waals surface area contributed by atoms with Crippen molar-refractivity contribution in [3.05, 3.63) is 23.9 Å². The van der Waals surface area contributed by atoms with Crippen LogP contribution in [0.25, 0.3) is 11.0 Å². The van der Waals surface area contributed by atoms with Gasteiger partial charge in [-0.3, -0.25) is 4.79 Å². The Hall–Kier alpha value is -2.37. The van der Waals surface area contributed by atoms with Crippen LogP contribution in [-0.2, 0) is 4.79 Å². The van der Waals surface area contributed by atoms with Gasteiger partial charge in [-0.2, -0.15) is 0 Å². The van der Waals surface area contributed by atoms with Crippen LogP contribution in [0.2, 0.25) is 0 Å². The molecule has 1 fully saturated rings. The van der Waals surface area contributed by atoms with E-state index in [4.69, 9.17) is 9.72 Å². The molecule has 2 unspecified atom stereocenters. The van der Waals surface area contributed by atoms with Crippen molar-refractivity contribution in [1.29, 1.82) is 0 Å². The lowest BCUT2D eigenvalue weighted by atomic mass is 9.90. The molecule has 1 aliphatic rings. The van der Waals surface area contributed by atoms with Gasteiger partial charge < -0.3 is 14.7 Å². The van der Waals surface area contributed by atoms with E-state index in [-0.39, 0.29) is 5.92 Å². The van der Waals surface area contributed by atoms with E-state index in [0.29, 0.717) is 18.9 Å². The summed E-state index contributed by atoms with van der Waals surface area (Å²) in [5.41, 5.74) is 2.38. The van der Waals surface area contributed by atoms with E-state index in [1.807, 2.05) is 25.1 Å². The third-order valence-electron chi connectivity index (χ3n) is 4.33. The van der Waals surface area contributed by atoms with E-state index < -0.39 is 5.97 Å². The Morgan fingerprint density at radius 3 is 2.78 bits per heavy atom. The molecule has 1 aromatic heterocycles. The summed E-state index contributed by atoms with van der Waals surface area (Å²) in [5, 5.41) is 9.34. The van der Waals surface area contributed by atoms with Crippen LogP contribution in [0, 0.1) is 18.8 Å². The summed E-state index contributed by atoms with van der Waals surface area (Å²) < 4.78 is 5.22. The molecule has 1 aromatic carbocycles. The fourth-order valence-corrected chi connectivity index (χ4v) is 3.24. The van der Waals surface area contributed by atoms with E-state index in [9.17, 15) is 9.90 Å². The first-order valence-electron chi connectivity index (χ1n) is 7.78. The van der Waals surface area contributed by atoms with Gasteiger partial charge in [-0.15, -0.1) is 0 Å². The first-order valence-corrected chi connectivity index (χ1v) is 7.78. The minimum Gasteiger partial charge on any atom is -0.497 e. The maximum atomic E-state index is 11.4. The molecular weight excluding hydrogens is 294 g/mol. The highest BCUT2D eigenvalue weighted by Crippen LogP contribution is 2.29. The smallest absolute Gasteiger partial charge is 0.308 e. The number of carboxylic acids is 1. The molecule has 0 spiro atoms. The lowest BCUT2D eigenvalue weighted by molar-refractivity contribution is -0.142. The second kappa shape index (κ2) is 6.02. The van der Waals surface area contributed by atoms with Crippen molar-refractivity contribution in [3.8, 4) is 5.75 Å². The summed E-state index contributed by atoms with van der Waals surface area (Å²) in [4.78, 5) is 22.8. The molecule has 0 aliphatic carbocycles. The predicted octanol–water partition coefficient (Wildman–Crippen LogP) is 2.49. The van der Waals surface area contributed by atoms with Crippen LogP contribution in [0.15, 0.2) is 18.2 Å². The molecule has 0 amide bonds. The average molecular weight is 315 g/mol. The minimum absolute atomic E-state index is 0.317. The van der Waals surface area contributed by atoms with Gasteiger partial charge in [-0.25, -0.2) is 9.97 Å². The van der Waals surface area contributed by atoms with E-state index in [0.717, 1.165) is 34.8 Å². The number of benzene rings is 1. The van der Waals surface area contributed by atoms with Crippen molar-refractivity contribution in [2.45, 2.75) is 20.3 Å². The fourth-order valence-electron chi connectivity index (χ4n) is 3.24. The molecule has 23 heavy (non-hydrogen) atoms. The number of ether oxygens (including phenoxy) is 1. The lowest BCUT2D eigenvalue weighted by Gasteiger charge is -2.36. The van der Waals surface area contributed by atoms with E-state index in [1.54, 1.807) is 7.11 Å². The Bertz CT molecular complexity index is 747. The molecule has 0 radical (unpaired) electrons. The lowest BCUT2D eigenvalue weighted by Crippen LogP contribution is -2.43. The van der Waals surface area contributed by atoms with Gasteiger partial charge in [-0.05, 0) is 31.4 Å². The molecule has 1 N–H and O–H groups in total. The number of aromatic nitrogens is 2. The summed E-state index contributed by atoms with van der Waals surface area (Å²) in [6.45, 7) is 5.28. The van der Waals surface area contributed by atoms with Gasteiger partial charge in [0.1, 0.15) is 5.75 Å². The number of rotatable bonds is 3. The van der Waals surface area contributed by atoms with Crippen LogP contribution in [0.5, 0.6) is 5.75 Å². The Morgan fingerprint density at radius 2 is 2.09 bits per heavy atom. The highest BCUT2D eigenvalue weighted by atomic mass is 16.5. The van der Waals surface area contributed by atoms with Crippen LogP contribution >= 0.6 is 0 Å². The van der Waals surface area contributed by atoms with Crippen LogP contribution in [-0.4, -0.2) is 41.2 Å². The quantitative estimate of drug-likeness (QED) is 0.938. The van der Waals surface area contributed by atoms with Crippen molar-refractivity contribution < 1.29 is 14.6 Å². The van der Waals surface area contributed by atoms with Crippen LogP contribution in [0.4, 0.5) is 5.82 Å². The normalized spacial score (nSPS) is 21.4. The van der Waals surface area contributed by atoms with E-state index >= 15 is 0 Å². The topological polar surface area (TPSA) is 75.5 Å². The van der Waals surface area contributed by atoms with Gasteiger partial charge in [0.2, 0.25) is 0 Å². The SMILES string of the molecule is COc1ccc2nc(N3CC(C)CC(C(=O)O)C3)c(C)nc2c1. The predicted molar refractivity (Wildman–Crippen MR) is 87.9 cm³/mol. The van der Waals surface area contributed by atoms with Crippen molar-refractivity contribution in [2.24, 2.45) is 11.8 Å². The van der Waals surface area contributed by atoms with Gasteiger partial charge in [0, 0.05) is 19.2 Å². The second-order valence-electron chi connectivity index (χ2n) is 6.27. The summed E-state index contributed by atoms with van der Waals surface area (Å²) in [6, 6.07) is 5.60. The van der Waals surface area contributed by atoms with Gasteiger partial charge in [0.15, 0.2) is 5.82 Å². The summed E-state index contributed by atoms with van der Waals surface area (Å²) in [7, 11) is 1.62. The Balaban J connectivity index is 1.98. The molecular formula is C17H21N3O3. The Kier molecular flexibility index (Phi) is 4.07. The summed E-state index contributed by atoms with van der Waals surface area (Å²) >= 11 is 0. The van der Waals surface area contributed by atoms with Gasteiger partial charge >= 0.3 is 5.97 Å². The number of hydrogen-bond donors (Lipinski definition) is 1. The molecule has 6 heteroatoms. The molecule has 1 saturated heterocycles. The number of carbonyl (C=O) groups is 1. The number of fused-ring (bicyclic) bond motifs is 1. The molecule has 2 heterocycles. The van der Waals surface area contributed by atoms with Crippen LogP contribution in [0.3, 0.4) is 0 Å². The van der Waals surface area contributed by atoms with Gasteiger partial charge in [0.25, 0.3) is 0 Å². The minimum atomic E-state index is -0.738. The number of piperidine rings is 1. The molecule has 6 nitrogen and oxygen atoms in total. The highest BCUT2D eigenvalue weighted by molar-refractivity contribution is 5.78. The third-order valence-corrected chi connectivity index (χ3v) is 4.33. The van der Waals surface area contributed by atoms with Crippen molar-refractivity contribution in [2.75, 3.05) is 25.1 Å². The number of hydrogen-bond acceptors (Lipinski definition) is 5. The van der Waals surface area contributed by atoms with Crippen molar-refractivity contribution in [3.63, 3.8) is 0 Å². The molecule has 1 aliphatic heterocycles. The first kappa shape index (κ1) is 15.5. The highest BCUT2D eigenvalue weighted by Gasteiger charge is 2.31. The molecule has 0 bridgehead atoms. The van der Waals surface area contributed by atoms with E-state index in [2.05, 4.69) is 16.8 Å². The standard InChI is InChI=1S/C17H21N3O3/c1-10-6-12(17(21)22)9-20(8-10)16-11(2)18-15-7-13(23-3)4-5-14(15)19-16/h4-5,7,10,12H,6,8-9H2,1-3H3,(H,21,22). The van der Waals surface area contributed by atoms with Crippen molar-refractivity contribution >= 4 is 22.8 Å². The first-order chi connectivity index (χ1) is 11.0. The molecule has 0 saturated carbocycles. The number of anilines is 1. The maximum absolute atomic E-state index is 11.4. The van der Waals surface area contributed by atoms with Crippen LogP contribution in [0.1, 0.15) is 19.0 Å². The van der Waals surface area contributed by atoms with Gasteiger partial charge in [0.05, 0.1) is 29.8 Å². The molecule has 122 valence electrons. The molecule has 2 aromatic rings. The third kappa shape index (κ3) is 3.06. The average Bonchev–Trinajstić information content (AvgIpc) is 2.52. The number of carboxylic acid groups (broad SMARTS) is 1. The Morgan fingerprint density at radius 1 is 1.30 bits per heavy atom. The number of nitrogens with zero attached hydrogens (tertiary/aromatic N) is 3. The summed E-state index contributed by atoms with van der Waals surface area (Å²) in [5.74, 6) is 0.749. The maximum Gasteiger partial charge on any atom is 0.308 e. The number of aliphatic carboxylic acids is 1. The zero-order valence-electron chi connectivity index (χ0n) is 13.6. The fraction of sp³-hybridized carbons (Fsp3) is 0.471. The zero-order chi connectivity index (χ0) is 16.6. The van der Waals surface area contributed by atoms with Crippen LogP contribution < -0.4 is 9.64 Å². The molecule has 2 atom stereocenters. The monoisotopic (exact) mass is 315 g/mol. The second-order valence-corrected chi connectivity index (χ2v) is 6.27. The Labute approximate surface area is 135 Å². The zero-order valence-corrected chi connectivity index (χ0v) is 13.6. The number of aryl methyl sites for hydroxylation is 1. The largest absolute Gasteiger partial charge is 0.497 e.